The van der Waals surface area contributed by atoms with Crippen molar-refractivity contribution >= 4 is 39.4 Å². The van der Waals surface area contributed by atoms with Gasteiger partial charge in [-0.3, -0.25) is 4.98 Å². The van der Waals surface area contributed by atoms with Crippen molar-refractivity contribution in [2.24, 2.45) is 5.73 Å². The average molecular weight is 300 g/mol. The number of pyridine rings is 1. The minimum absolute atomic E-state index is 0.296. The van der Waals surface area contributed by atoms with Gasteiger partial charge >= 0.3 is 0 Å². The minimum atomic E-state index is 0.296. The number of hydrogen-bond donors (Lipinski definition) is 1. The highest BCUT2D eigenvalue weighted by molar-refractivity contribution is 7.80. The quantitative estimate of drug-likeness (QED) is 0.749. The van der Waals surface area contributed by atoms with Gasteiger partial charge in [-0.2, -0.15) is 0 Å². The number of nitrogens with two attached hydrogens (primary N) is 1. The van der Waals surface area contributed by atoms with Gasteiger partial charge in [0.2, 0.25) is 0 Å². The van der Waals surface area contributed by atoms with Crippen LogP contribution in [0.25, 0.3) is 10.9 Å². The Labute approximate surface area is 126 Å². The van der Waals surface area contributed by atoms with Crippen molar-refractivity contribution in [2.45, 2.75) is 6.61 Å². The van der Waals surface area contributed by atoms with Gasteiger partial charge in [-0.1, -0.05) is 30.4 Å². The second-order valence-electron chi connectivity index (χ2n) is 4.25. The van der Waals surface area contributed by atoms with Gasteiger partial charge in [-0.25, -0.2) is 0 Å². The molecule has 0 saturated heterocycles. The smallest absolute Gasteiger partial charge is 0.140 e. The SMILES string of the molecule is NC(=S)c1cnc2ccccc2c1OCc1cccs1. The Bertz CT molecular complexity index is 754. The summed E-state index contributed by atoms with van der Waals surface area (Å²) in [6, 6.07) is 11.8. The molecule has 0 amide bonds. The number of thiocarbonyl (C=S) groups is 1. The molecule has 3 aromatic rings. The second kappa shape index (κ2) is 5.56. The molecule has 2 N–H and O–H groups in total. The van der Waals surface area contributed by atoms with Crippen LogP contribution in [0.2, 0.25) is 0 Å². The third kappa shape index (κ3) is 2.50. The summed E-state index contributed by atoms with van der Waals surface area (Å²) in [6.07, 6.45) is 1.68. The molecule has 0 saturated carbocycles. The van der Waals surface area contributed by atoms with Gasteiger partial charge in [0.05, 0.1) is 11.1 Å². The molecule has 0 fully saturated rings. The molecule has 2 aromatic heterocycles. The number of thiophene rings is 1. The van der Waals surface area contributed by atoms with Crippen LogP contribution >= 0.6 is 23.6 Å². The molecule has 100 valence electrons. The van der Waals surface area contributed by atoms with Crippen LogP contribution in [0.3, 0.4) is 0 Å². The van der Waals surface area contributed by atoms with E-state index in [4.69, 9.17) is 22.7 Å². The number of fused-ring (bicyclic) bond motifs is 1. The van der Waals surface area contributed by atoms with E-state index in [-0.39, 0.29) is 0 Å². The predicted octanol–water partition coefficient (Wildman–Crippen LogP) is 3.51. The number of para-hydroxylation sites is 1. The van der Waals surface area contributed by atoms with Crippen molar-refractivity contribution in [1.82, 2.24) is 4.98 Å². The highest BCUT2D eigenvalue weighted by Crippen LogP contribution is 2.29. The monoisotopic (exact) mass is 300 g/mol. The van der Waals surface area contributed by atoms with E-state index in [0.29, 0.717) is 22.9 Å². The average Bonchev–Trinajstić information content (AvgIpc) is 2.97. The molecule has 3 nitrogen and oxygen atoms in total. The molecule has 0 spiro atoms. The largest absolute Gasteiger partial charge is 0.487 e. The van der Waals surface area contributed by atoms with Gasteiger partial charge < -0.3 is 10.5 Å². The summed E-state index contributed by atoms with van der Waals surface area (Å²) in [5, 5.41) is 2.95. The van der Waals surface area contributed by atoms with E-state index < -0.39 is 0 Å². The molecule has 0 radical (unpaired) electrons. The van der Waals surface area contributed by atoms with Crippen molar-refractivity contribution in [3.8, 4) is 5.75 Å². The van der Waals surface area contributed by atoms with Crippen LogP contribution < -0.4 is 10.5 Å². The zero-order valence-corrected chi connectivity index (χ0v) is 12.2. The Morgan fingerprint density at radius 2 is 2.10 bits per heavy atom. The topological polar surface area (TPSA) is 48.1 Å². The molecule has 0 bridgehead atoms. The molecule has 0 aliphatic carbocycles. The van der Waals surface area contributed by atoms with Crippen molar-refractivity contribution in [3.05, 3.63) is 58.4 Å². The van der Waals surface area contributed by atoms with E-state index in [0.717, 1.165) is 15.8 Å². The number of hydrogen-bond acceptors (Lipinski definition) is 4. The Morgan fingerprint density at radius 1 is 1.25 bits per heavy atom. The van der Waals surface area contributed by atoms with Crippen LogP contribution in [0.5, 0.6) is 5.75 Å². The second-order valence-corrected chi connectivity index (χ2v) is 5.72. The molecule has 20 heavy (non-hydrogen) atoms. The Hall–Kier alpha value is -1.98. The number of ether oxygens (including phenoxy) is 1. The van der Waals surface area contributed by atoms with Crippen LogP contribution in [0.1, 0.15) is 10.4 Å². The maximum Gasteiger partial charge on any atom is 0.140 e. The lowest BCUT2D eigenvalue weighted by molar-refractivity contribution is 0.313. The lowest BCUT2D eigenvalue weighted by Gasteiger charge is -2.12. The summed E-state index contributed by atoms with van der Waals surface area (Å²) in [4.78, 5) is 5.81. The lowest BCUT2D eigenvalue weighted by Crippen LogP contribution is -2.12. The van der Waals surface area contributed by atoms with Crippen molar-refractivity contribution in [1.29, 1.82) is 0 Å². The van der Waals surface area contributed by atoms with Gasteiger partial charge in [0.25, 0.3) is 0 Å². The van der Waals surface area contributed by atoms with Gasteiger partial charge in [-0.05, 0) is 23.6 Å². The number of benzene rings is 1. The minimum Gasteiger partial charge on any atom is -0.487 e. The highest BCUT2D eigenvalue weighted by Gasteiger charge is 2.12. The fourth-order valence-corrected chi connectivity index (χ4v) is 2.75. The normalized spacial score (nSPS) is 10.6. The first-order valence-corrected chi connectivity index (χ1v) is 7.37. The highest BCUT2D eigenvalue weighted by atomic mass is 32.1. The molecular weight excluding hydrogens is 288 g/mol. The van der Waals surface area contributed by atoms with E-state index in [1.165, 1.54) is 0 Å². The zero-order chi connectivity index (χ0) is 13.9. The number of aromatic nitrogens is 1. The van der Waals surface area contributed by atoms with E-state index in [9.17, 15) is 0 Å². The summed E-state index contributed by atoms with van der Waals surface area (Å²) in [5.41, 5.74) is 7.31. The predicted molar refractivity (Wildman–Crippen MR) is 86.3 cm³/mol. The molecule has 1 aromatic carbocycles. The van der Waals surface area contributed by atoms with Gasteiger partial charge in [0, 0.05) is 16.5 Å². The van der Waals surface area contributed by atoms with E-state index in [1.807, 2.05) is 41.8 Å². The standard InChI is InChI=1S/C15H12N2OS2/c16-15(19)12-8-17-13-6-2-1-5-11(13)14(12)18-9-10-4-3-7-20-10/h1-8H,9H2,(H2,16,19). The van der Waals surface area contributed by atoms with Crippen LogP contribution in [0.4, 0.5) is 0 Å². The summed E-state index contributed by atoms with van der Waals surface area (Å²) in [6.45, 7) is 0.501. The van der Waals surface area contributed by atoms with Crippen molar-refractivity contribution in [3.63, 3.8) is 0 Å². The molecule has 5 heteroatoms. The van der Waals surface area contributed by atoms with Crippen molar-refractivity contribution in [2.75, 3.05) is 0 Å². The summed E-state index contributed by atoms with van der Waals surface area (Å²) in [7, 11) is 0. The molecule has 0 aliphatic heterocycles. The lowest BCUT2D eigenvalue weighted by atomic mass is 10.1. The van der Waals surface area contributed by atoms with Gasteiger partial charge in [0.15, 0.2) is 0 Å². The van der Waals surface area contributed by atoms with Crippen LogP contribution in [0, 0.1) is 0 Å². The molecule has 0 unspecified atom stereocenters. The fourth-order valence-electron chi connectivity index (χ4n) is 1.99. The first kappa shape index (κ1) is 13.0. The zero-order valence-electron chi connectivity index (χ0n) is 10.6. The van der Waals surface area contributed by atoms with Crippen LogP contribution in [0.15, 0.2) is 48.0 Å². The third-order valence-corrected chi connectivity index (χ3v) is 4.00. The maximum atomic E-state index is 5.96. The maximum absolute atomic E-state index is 5.96. The molecule has 0 aliphatic rings. The Morgan fingerprint density at radius 3 is 2.85 bits per heavy atom. The Kier molecular flexibility index (Phi) is 3.62. The third-order valence-electron chi connectivity index (χ3n) is 2.93. The molecule has 3 rings (SSSR count). The van der Waals surface area contributed by atoms with Gasteiger partial charge in [0.1, 0.15) is 17.3 Å². The molecule has 0 atom stereocenters. The molecular formula is C15H12N2OS2. The number of rotatable bonds is 4. The first-order valence-electron chi connectivity index (χ1n) is 6.08. The summed E-state index contributed by atoms with van der Waals surface area (Å²) in [5.74, 6) is 0.705. The Balaban J connectivity index is 2.05. The summed E-state index contributed by atoms with van der Waals surface area (Å²) < 4.78 is 5.96. The molecule has 2 heterocycles. The van der Waals surface area contributed by atoms with E-state index >= 15 is 0 Å². The fraction of sp³-hybridized carbons (Fsp3) is 0.0667. The first-order chi connectivity index (χ1) is 9.75. The van der Waals surface area contributed by atoms with E-state index in [2.05, 4.69) is 4.98 Å². The number of nitrogens with zero attached hydrogens (tertiary/aromatic N) is 1. The summed E-state index contributed by atoms with van der Waals surface area (Å²) >= 11 is 6.74. The van der Waals surface area contributed by atoms with Gasteiger partial charge in [-0.15, -0.1) is 11.3 Å². The van der Waals surface area contributed by atoms with Crippen LogP contribution in [-0.2, 0) is 6.61 Å². The van der Waals surface area contributed by atoms with Crippen molar-refractivity contribution < 1.29 is 4.74 Å². The van der Waals surface area contributed by atoms with Crippen LogP contribution in [-0.4, -0.2) is 9.97 Å². The van der Waals surface area contributed by atoms with E-state index in [1.54, 1.807) is 17.5 Å².